The molecule has 11 heavy (non-hydrogen) atoms. The number of carboxylic acids is 1. The lowest BCUT2D eigenvalue weighted by Crippen LogP contribution is -2.43. The first-order valence-electron chi connectivity index (χ1n) is 2.75. The molecular weight excluding hydrogens is 172 g/mol. The van der Waals surface area contributed by atoms with Crippen molar-refractivity contribution in [3.63, 3.8) is 0 Å². The van der Waals surface area contributed by atoms with Crippen LogP contribution in [0.4, 0.5) is 0 Å². The number of carbonyl (C=O) groups is 1. The maximum absolute atomic E-state index is 10.5. The quantitative estimate of drug-likeness (QED) is 0.560. The lowest BCUT2D eigenvalue weighted by atomic mass is 10.4. The third-order valence-electron chi connectivity index (χ3n) is 1.30. The van der Waals surface area contributed by atoms with Gasteiger partial charge in [-0.15, -0.1) is 0 Å². The molecule has 0 heterocycles. The summed E-state index contributed by atoms with van der Waals surface area (Å²) < 4.78 is 21.6. The molecule has 0 aliphatic heterocycles. The van der Waals surface area contributed by atoms with Crippen molar-refractivity contribution in [2.24, 2.45) is 5.14 Å². The third-order valence-corrected chi connectivity index (χ3v) is 2.42. The van der Waals surface area contributed by atoms with Crippen LogP contribution in [0.1, 0.15) is 6.92 Å². The molecule has 0 saturated carbocycles. The summed E-state index contributed by atoms with van der Waals surface area (Å²) in [6, 6.07) is -1.13. The van der Waals surface area contributed by atoms with Gasteiger partial charge < -0.3 is 5.11 Å². The van der Waals surface area contributed by atoms with Crippen molar-refractivity contribution in [1.29, 1.82) is 0 Å². The molecule has 0 aromatic carbocycles. The van der Waals surface area contributed by atoms with Crippen molar-refractivity contribution in [2.45, 2.75) is 13.0 Å². The number of nitrogens with zero attached hydrogens (tertiary/aromatic N) is 1. The van der Waals surface area contributed by atoms with E-state index in [-0.39, 0.29) is 0 Å². The van der Waals surface area contributed by atoms with Gasteiger partial charge in [-0.25, -0.2) is 5.14 Å². The zero-order valence-electron chi connectivity index (χ0n) is 6.18. The monoisotopic (exact) mass is 182 g/mol. The Hall–Kier alpha value is -0.660. The van der Waals surface area contributed by atoms with E-state index in [1.807, 2.05) is 0 Å². The molecule has 7 heteroatoms. The van der Waals surface area contributed by atoms with Crippen molar-refractivity contribution in [2.75, 3.05) is 7.05 Å². The number of hydrogen-bond acceptors (Lipinski definition) is 3. The average molecular weight is 182 g/mol. The van der Waals surface area contributed by atoms with E-state index in [1.165, 1.54) is 6.92 Å². The van der Waals surface area contributed by atoms with Gasteiger partial charge in [0, 0.05) is 7.05 Å². The average Bonchev–Trinajstić information content (AvgIpc) is 1.82. The Labute approximate surface area is 64.8 Å². The highest BCUT2D eigenvalue weighted by atomic mass is 32.2. The molecule has 0 saturated heterocycles. The maximum Gasteiger partial charge on any atom is 0.321 e. The minimum absolute atomic E-state index is 0.579. The Balaban J connectivity index is 4.51. The highest BCUT2D eigenvalue weighted by Gasteiger charge is 2.24. The van der Waals surface area contributed by atoms with Crippen LogP contribution in [0, 0.1) is 0 Å². The van der Waals surface area contributed by atoms with E-state index >= 15 is 0 Å². The predicted molar refractivity (Wildman–Crippen MR) is 38.0 cm³/mol. The van der Waals surface area contributed by atoms with E-state index in [1.54, 1.807) is 0 Å². The molecule has 0 bridgehead atoms. The fourth-order valence-corrected chi connectivity index (χ4v) is 0.907. The van der Waals surface area contributed by atoms with Gasteiger partial charge in [-0.05, 0) is 6.92 Å². The number of carboxylic acid groups (broad SMARTS) is 1. The standard InChI is InChI=1S/C4H10N2O4S/c1-3(4(7)8)6(2)11(5,9)10/h3H,1-2H3,(H,7,8)(H2,5,9,10). The molecule has 3 N–H and O–H groups in total. The highest BCUT2D eigenvalue weighted by molar-refractivity contribution is 7.86. The number of nitrogens with two attached hydrogens (primary N) is 1. The van der Waals surface area contributed by atoms with Crippen LogP contribution >= 0.6 is 0 Å². The van der Waals surface area contributed by atoms with E-state index in [9.17, 15) is 13.2 Å². The largest absolute Gasteiger partial charge is 0.480 e. The molecule has 0 spiro atoms. The summed E-state index contributed by atoms with van der Waals surface area (Å²) in [5.41, 5.74) is 0. The van der Waals surface area contributed by atoms with Gasteiger partial charge in [-0.2, -0.15) is 12.7 Å². The van der Waals surface area contributed by atoms with Gasteiger partial charge in [0.2, 0.25) is 0 Å². The lowest BCUT2D eigenvalue weighted by molar-refractivity contribution is -0.140. The van der Waals surface area contributed by atoms with Crippen LogP contribution in [0.5, 0.6) is 0 Å². The number of likely N-dealkylation sites (N-methyl/N-ethyl adjacent to an activating group) is 1. The lowest BCUT2D eigenvalue weighted by Gasteiger charge is -2.17. The van der Waals surface area contributed by atoms with Crippen molar-refractivity contribution in [3.05, 3.63) is 0 Å². The van der Waals surface area contributed by atoms with Gasteiger partial charge in [0.25, 0.3) is 10.2 Å². The summed E-state index contributed by atoms with van der Waals surface area (Å²) in [6.07, 6.45) is 0. The van der Waals surface area contributed by atoms with Crippen molar-refractivity contribution < 1.29 is 18.3 Å². The number of hydrogen-bond donors (Lipinski definition) is 2. The van der Waals surface area contributed by atoms with E-state index in [0.29, 0.717) is 4.31 Å². The fraction of sp³-hybridized carbons (Fsp3) is 0.750. The van der Waals surface area contributed by atoms with E-state index in [4.69, 9.17) is 5.11 Å². The molecule has 0 aromatic heterocycles. The van der Waals surface area contributed by atoms with Crippen LogP contribution in [-0.4, -0.2) is 36.9 Å². The second-order valence-electron chi connectivity index (χ2n) is 2.08. The fourth-order valence-electron chi connectivity index (χ4n) is 0.376. The molecule has 6 nitrogen and oxygen atoms in total. The van der Waals surface area contributed by atoms with Crippen LogP contribution in [0.2, 0.25) is 0 Å². The number of rotatable bonds is 3. The normalized spacial score (nSPS) is 14.9. The Bertz CT molecular complexity index is 247. The van der Waals surface area contributed by atoms with Gasteiger partial charge in [0.05, 0.1) is 0 Å². The van der Waals surface area contributed by atoms with Crippen molar-refractivity contribution >= 4 is 16.2 Å². The van der Waals surface area contributed by atoms with Gasteiger partial charge >= 0.3 is 5.97 Å². The molecule has 0 aromatic rings. The predicted octanol–water partition coefficient (Wildman–Crippen LogP) is -1.41. The van der Waals surface area contributed by atoms with E-state index < -0.39 is 22.2 Å². The second-order valence-corrected chi connectivity index (χ2v) is 3.68. The molecule has 0 amide bonds. The minimum Gasteiger partial charge on any atom is -0.480 e. The molecule has 0 rings (SSSR count). The maximum atomic E-state index is 10.5. The Morgan fingerprint density at radius 2 is 2.00 bits per heavy atom. The summed E-state index contributed by atoms with van der Waals surface area (Å²) >= 11 is 0. The third kappa shape index (κ3) is 2.83. The van der Waals surface area contributed by atoms with Crippen LogP contribution in [0.15, 0.2) is 0 Å². The van der Waals surface area contributed by atoms with Gasteiger partial charge in [-0.3, -0.25) is 4.79 Å². The second kappa shape index (κ2) is 3.16. The SMILES string of the molecule is CC(C(=O)O)N(C)S(N)(=O)=O. The molecule has 1 atom stereocenters. The number of aliphatic carboxylic acids is 1. The van der Waals surface area contributed by atoms with E-state index in [0.717, 1.165) is 7.05 Å². The van der Waals surface area contributed by atoms with Crippen LogP contribution < -0.4 is 5.14 Å². The summed E-state index contributed by atoms with van der Waals surface area (Å²) in [6.45, 7) is 1.23. The van der Waals surface area contributed by atoms with Crippen LogP contribution in [-0.2, 0) is 15.0 Å². The first-order valence-corrected chi connectivity index (χ1v) is 4.25. The summed E-state index contributed by atoms with van der Waals surface area (Å²) in [5.74, 6) is -1.23. The molecule has 0 aliphatic carbocycles. The molecule has 0 fully saturated rings. The zero-order valence-corrected chi connectivity index (χ0v) is 7.00. The first kappa shape index (κ1) is 10.3. The Morgan fingerprint density at radius 3 is 2.09 bits per heavy atom. The smallest absolute Gasteiger partial charge is 0.321 e. The summed E-state index contributed by atoms with van der Waals surface area (Å²) in [5, 5.41) is 13.0. The van der Waals surface area contributed by atoms with Gasteiger partial charge in [0.1, 0.15) is 6.04 Å². The van der Waals surface area contributed by atoms with Crippen LogP contribution in [0.25, 0.3) is 0 Å². The van der Waals surface area contributed by atoms with E-state index in [2.05, 4.69) is 5.14 Å². The molecule has 0 aliphatic rings. The van der Waals surface area contributed by atoms with Crippen LogP contribution in [0.3, 0.4) is 0 Å². The minimum atomic E-state index is -3.89. The Morgan fingerprint density at radius 1 is 1.64 bits per heavy atom. The Kier molecular flexibility index (Phi) is 2.97. The topological polar surface area (TPSA) is 101 Å². The summed E-state index contributed by atoms with van der Waals surface area (Å²) in [4.78, 5) is 10.2. The summed E-state index contributed by atoms with van der Waals surface area (Å²) in [7, 11) is -2.79. The van der Waals surface area contributed by atoms with Crippen molar-refractivity contribution in [3.8, 4) is 0 Å². The molecular formula is C4H10N2O4S. The molecule has 66 valence electrons. The highest BCUT2D eigenvalue weighted by Crippen LogP contribution is 1.98. The van der Waals surface area contributed by atoms with Crippen molar-refractivity contribution in [1.82, 2.24) is 4.31 Å². The van der Waals surface area contributed by atoms with Gasteiger partial charge in [0.15, 0.2) is 0 Å². The molecule has 0 radical (unpaired) electrons. The molecule has 1 unspecified atom stereocenters. The van der Waals surface area contributed by atoms with Gasteiger partial charge in [-0.1, -0.05) is 0 Å². The first-order chi connectivity index (χ1) is 4.76. The zero-order chi connectivity index (χ0) is 9.23.